The Morgan fingerprint density at radius 1 is 1.40 bits per heavy atom. The summed E-state index contributed by atoms with van der Waals surface area (Å²) >= 11 is 0. The van der Waals surface area contributed by atoms with Crippen molar-refractivity contribution in [2.24, 2.45) is 0 Å². The van der Waals surface area contributed by atoms with Crippen LogP contribution in [0.5, 0.6) is 0 Å². The zero-order chi connectivity index (χ0) is 13.9. The zero-order valence-electron chi connectivity index (χ0n) is 12.0. The molecule has 2 aromatic rings. The van der Waals surface area contributed by atoms with Gasteiger partial charge in [0.1, 0.15) is 0 Å². The Morgan fingerprint density at radius 2 is 2.30 bits per heavy atom. The minimum atomic E-state index is 0.517. The van der Waals surface area contributed by atoms with Crippen LogP contribution in [0.3, 0.4) is 0 Å². The van der Waals surface area contributed by atoms with Gasteiger partial charge in [-0.1, -0.05) is 17.7 Å². The van der Waals surface area contributed by atoms with Gasteiger partial charge >= 0.3 is 0 Å². The first kappa shape index (κ1) is 13.3. The minimum Gasteiger partial charge on any atom is -0.419 e. The number of hydrogen-bond acceptors (Lipinski definition) is 5. The molecule has 0 radical (unpaired) electrons. The molecule has 1 aromatic heterocycles. The third-order valence-electron chi connectivity index (χ3n) is 3.54. The third kappa shape index (κ3) is 3.05. The Morgan fingerprint density at radius 3 is 3.10 bits per heavy atom. The molecule has 0 saturated carbocycles. The SMILES string of the molecule is Cc1cccc(-c2nnc(CN3CCN[C@H](C)C3)o2)c1. The van der Waals surface area contributed by atoms with Gasteiger partial charge in [-0.3, -0.25) is 4.90 Å². The van der Waals surface area contributed by atoms with E-state index in [2.05, 4.69) is 46.4 Å². The second-order valence-corrected chi connectivity index (χ2v) is 5.46. The topological polar surface area (TPSA) is 54.2 Å². The summed E-state index contributed by atoms with van der Waals surface area (Å²) in [6.45, 7) is 8.03. The lowest BCUT2D eigenvalue weighted by Crippen LogP contribution is -2.48. The number of piperazine rings is 1. The van der Waals surface area contributed by atoms with Crippen LogP contribution in [0.2, 0.25) is 0 Å². The van der Waals surface area contributed by atoms with E-state index in [1.807, 2.05) is 12.1 Å². The van der Waals surface area contributed by atoms with Crippen molar-refractivity contribution in [1.82, 2.24) is 20.4 Å². The van der Waals surface area contributed by atoms with Gasteiger partial charge in [0, 0.05) is 31.2 Å². The van der Waals surface area contributed by atoms with E-state index in [4.69, 9.17) is 4.42 Å². The van der Waals surface area contributed by atoms with Gasteiger partial charge in [-0.25, -0.2) is 0 Å². The maximum Gasteiger partial charge on any atom is 0.247 e. The molecule has 0 bridgehead atoms. The molecule has 5 nitrogen and oxygen atoms in total. The molecule has 1 aromatic carbocycles. The van der Waals surface area contributed by atoms with E-state index in [1.54, 1.807) is 0 Å². The number of aromatic nitrogens is 2. The molecule has 3 rings (SSSR count). The molecule has 20 heavy (non-hydrogen) atoms. The van der Waals surface area contributed by atoms with Gasteiger partial charge in [-0.2, -0.15) is 0 Å². The van der Waals surface area contributed by atoms with Crippen LogP contribution in [0.25, 0.3) is 11.5 Å². The molecule has 1 saturated heterocycles. The summed E-state index contributed by atoms with van der Waals surface area (Å²) in [7, 11) is 0. The Hall–Kier alpha value is -1.72. The number of rotatable bonds is 3. The lowest BCUT2D eigenvalue weighted by Gasteiger charge is -2.30. The minimum absolute atomic E-state index is 0.517. The normalized spacial score (nSPS) is 20.2. The van der Waals surface area contributed by atoms with E-state index in [0.717, 1.165) is 31.7 Å². The summed E-state index contributed by atoms with van der Waals surface area (Å²) in [6.07, 6.45) is 0. The number of benzene rings is 1. The van der Waals surface area contributed by atoms with Gasteiger partial charge in [-0.15, -0.1) is 10.2 Å². The Bertz CT molecular complexity index is 581. The van der Waals surface area contributed by atoms with Gasteiger partial charge < -0.3 is 9.73 Å². The first-order valence-electron chi connectivity index (χ1n) is 7.06. The van der Waals surface area contributed by atoms with Gasteiger partial charge in [0.15, 0.2) is 0 Å². The molecule has 1 atom stereocenters. The van der Waals surface area contributed by atoms with E-state index < -0.39 is 0 Å². The summed E-state index contributed by atoms with van der Waals surface area (Å²) < 4.78 is 5.78. The van der Waals surface area contributed by atoms with Gasteiger partial charge in [0.25, 0.3) is 0 Å². The highest BCUT2D eigenvalue weighted by Gasteiger charge is 2.18. The molecular weight excluding hydrogens is 252 g/mol. The van der Waals surface area contributed by atoms with Crippen LogP contribution in [-0.4, -0.2) is 40.8 Å². The van der Waals surface area contributed by atoms with Crippen LogP contribution < -0.4 is 5.32 Å². The summed E-state index contributed by atoms with van der Waals surface area (Å²) in [4.78, 5) is 2.34. The average molecular weight is 272 g/mol. The van der Waals surface area contributed by atoms with E-state index in [0.29, 0.717) is 17.8 Å². The molecule has 1 N–H and O–H groups in total. The fourth-order valence-corrected chi connectivity index (χ4v) is 2.56. The molecule has 106 valence electrons. The summed E-state index contributed by atoms with van der Waals surface area (Å²) in [5.41, 5.74) is 2.18. The van der Waals surface area contributed by atoms with Gasteiger partial charge in [0.2, 0.25) is 11.8 Å². The Labute approximate surface area is 119 Å². The molecule has 0 amide bonds. The Kier molecular flexibility index (Phi) is 3.80. The monoisotopic (exact) mass is 272 g/mol. The van der Waals surface area contributed by atoms with Crippen molar-refractivity contribution >= 4 is 0 Å². The second kappa shape index (κ2) is 5.73. The van der Waals surface area contributed by atoms with Crippen LogP contribution in [0.4, 0.5) is 0 Å². The first-order chi connectivity index (χ1) is 9.70. The highest BCUT2D eigenvalue weighted by molar-refractivity contribution is 5.53. The van der Waals surface area contributed by atoms with Gasteiger partial charge in [-0.05, 0) is 26.0 Å². The van der Waals surface area contributed by atoms with E-state index in [1.165, 1.54) is 5.56 Å². The molecule has 1 fully saturated rings. The van der Waals surface area contributed by atoms with Crippen molar-refractivity contribution in [3.8, 4) is 11.5 Å². The van der Waals surface area contributed by atoms with Crippen molar-refractivity contribution in [3.63, 3.8) is 0 Å². The summed E-state index contributed by atoms with van der Waals surface area (Å²) in [6, 6.07) is 8.64. The maximum absolute atomic E-state index is 5.78. The van der Waals surface area contributed by atoms with Crippen molar-refractivity contribution in [1.29, 1.82) is 0 Å². The van der Waals surface area contributed by atoms with E-state index in [-0.39, 0.29) is 0 Å². The fourth-order valence-electron chi connectivity index (χ4n) is 2.56. The van der Waals surface area contributed by atoms with E-state index >= 15 is 0 Å². The highest BCUT2D eigenvalue weighted by atomic mass is 16.4. The smallest absolute Gasteiger partial charge is 0.247 e. The number of nitrogens with one attached hydrogen (secondary N) is 1. The standard InChI is InChI=1S/C15H20N4O/c1-11-4-3-5-13(8-11)15-18-17-14(20-15)10-19-7-6-16-12(2)9-19/h3-5,8,12,16H,6-7,9-10H2,1-2H3/t12-/m1/s1. The van der Waals surface area contributed by atoms with Crippen LogP contribution in [0.15, 0.2) is 28.7 Å². The molecule has 0 unspecified atom stereocenters. The van der Waals surface area contributed by atoms with Crippen molar-refractivity contribution in [2.45, 2.75) is 26.4 Å². The Balaban J connectivity index is 1.70. The molecule has 1 aliphatic rings. The number of aryl methyl sites for hydroxylation is 1. The number of hydrogen-bond donors (Lipinski definition) is 1. The predicted molar refractivity (Wildman–Crippen MR) is 77.2 cm³/mol. The van der Waals surface area contributed by atoms with Gasteiger partial charge in [0.05, 0.1) is 6.54 Å². The second-order valence-electron chi connectivity index (χ2n) is 5.46. The van der Waals surface area contributed by atoms with Crippen LogP contribution in [0, 0.1) is 6.92 Å². The molecule has 1 aliphatic heterocycles. The van der Waals surface area contributed by atoms with Crippen molar-refractivity contribution in [2.75, 3.05) is 19.6 Å². The fraction of sp³-hybridized carbons (Fsp3) is 0.467. The largest absolute Gasteiger partial charge is 0.419 e. The van der Waals surface area contributed by atoms with Crippen LogP contribution in [0.1, 0.15) is 18.4 Å². The van der Waals surface area contributed by atoms with E-state index in [9.17, 15) is 0 Å². The lowest BCUT2D eigenvalue weighted by molar-refractivity contribution is 0.184. The zero-order valence-corrected chi connectivity index (χ0v) is 12.0. The van der Waals surface area contributed by atoms with Crippen LogP contribution >= 0.6 is 0 Å². The molecule has 5 heteroatoms. The van der Waals surface area contributed by atoms with Crippen molar-refractivity contribution in [3.05, 3.63) is 35.7 Å². The highest BCUT2D eigenvalue weighted by Crippen LogP contribution is 2.19. The van der Waals surface area contributed by atoms with Crippen LogP contribution in [-0.2, 0) is 6.54 Å². The summed E-state index contributed by atoms with van der Waals surface area (Å²) in [5.74, 6) is 1.29. The average Bonchev–Trinajstić information content (AvgIpc) is 2.87. The maximum atomic E-state index is 5.78. The summed E-state index contributed by atoms with van der Waals surface area (Å²) in [5, 5.41) is 11.7. The predicted octanol–water partition coefficient (Wildman–Crippen LogP) is 1.84. The lowest BCUT2D eigenvalue weighted by atomic mass is 10.1. The third-order valence-corrected chi connectivity index (χ3v) is 3.54. The molecule has 0 aliphatic carbocycles. The molecular formula is C15H20N4O. The molecule has 2 heterocycles. The quantitative estimate of drug-likeness (QED) is 0.924. The van der Waals surface area contributed by atoms with Crippen molar-refractivity contribution < 1.29 is 4.42 Å². The molecule has 0 spiro atoms. The number of nitrogens with zero attached hydrogens (tertiary/aromatic N) is 3. The first-order valence-corrected chi connectivity index (χ1v) is 7.06.